The largest absolute Gasteiger partial charge is 0.497 e. The van der Waals surface area contributed by atoms with Crippen LogP contribution < -0.4 is 14.8 Å². The van der Waals surface area contributed by atoms with E-state index in [0.717, 1.165) is 19.3 Å². The number of aliphatic hydroxyl groups excluding tert-OH is 1. The second-order valence-electron chi connectivity index (χ2n) is 7.60. The van der Waals surface area contributed by atoms with Crippen LogP contribution in [0.5, 0.6) is 5.75 Å². The third-order valence-corrected chi connectivity index (χ3v) is 6.78. The maximum atomic E-state index is 12.7. The first kappa shape index (κ1) is 22.1. The average Bonchev–Trinajstić information content (AvgIpc) is 3.26. The monoisotopic (exact) mass is 432 g/mol. The van der Waals surface area contributed by atoms with Crippen molar-refractivity contribution in [3.05, 3.63) is 54.1 Å². The molecule has 0 bridgehead atoms. The molecule has 3 N–H and O–H groups in total. The summed E-state index contributed by atoms with van der Waals surface area (Å²) < 4.78 is 33.0. The summed E-state index contributed by atoms with van der Waals surface area (Å²) >= 11 is 0. The molecule has 1 fully saturated rings. The molecule has 1 aliphatic carbocycles. The molecule has 2 aromatic carbocycles. The zero-order valence-electron chi connectivity index (χ0n) is 17.0. The third kappa shape index (κ3) is 5.73. The molecule has 1 saturated carbocycles. The first-order valence-corrected chi connectivity index (χ1v) is 11.6. The molecule has 1 aliphatic rings. The maximum Gasteiger partial charge on any atom is 0.261 e. The molecule has 0 heterocycles. The standard InChI is InChI=1S/C22H28N2O5S/c1-29-20-11-9-18(10-12-20)24-30(27,28)21-8-4-7-17(14-21)22(26)23-19(15-25)13-16-5-2-3-6-16/h4,7-12,14,16,19,24-25H,2-3,5-6,13,15H2,1H3,(H,23,26)/t19-/m0/s1. The predicted molar refractivity (Wildman–Crippen MR) is 115 cm³/mol. The number of aliphatic hydroxyl groups is 1. The molecule has 0 spiro atoms. The Labute approximate surface area is 177 Å². The van der Waals surface area contributed by atoms with Gasteiger partial charge in [-0.25, -0.2) is 8.42 Å². The molecule has 0 aliphatic heterocycles. The van der Waals surface area contributed by atoms with Crippen LogP contribution in [-0.2, 0) is 10.0 Å². The van der Waals surface area contributed by atoms with Gasteiger partial charge in [0.25, 0.3) is 15.9 Å². The van der Waals surface area contributed by atoms with Crippen LogP contribution in [0, 0.1) is 5.92 Å². The summed E-state index contributed by atoms with van der Waals surface area (Å²) in [6.07, 6.45) is 5.36. The summed E-state index contributed by atoms with van der Waals surface area (Å²) in [5.74, 6) is 0.740. The van der Waals surface area contributed by atoms with Crippen molar-refractivity contribution in [2.45, 2.75) is 43.0 Å². The fourth-order valence-electron chi connectivity index (χ4n) is 3.77. The summed E-state index contributed by atoms with van der Waals surface area (Å²) in [6, 6.07) is 12.0. The smallest absolute Gasteiger partial charge is 0.261 e. The lowest BCUT2D eigenvalue weighted by atomic mass is 9.98. The Balaban J connectivity index is 1.69. The topological polar surface area (TPSA) is 105 Å². The number of carbonyl (C=O) groups excluding carboxylic acids is 1. The molecule has 0 unspecified atom stereocenters. The highest BCUT2D eigenvalue weighted by atomic mass is 32.2. The number of hydrogen-bond acceptors (Lipinski definition) is 5. The van der Waals surface area contributed by atoms with E-state index in [9.17, 15) is 18.3 Å². The van der Waals surface area contributed by atoms with Gasteiger partial charge in [0.15, 0.2) is 0 Å². The van der Waals surface area contributed by atoms with Crippen LogP contribution in [0.15, 0.2) is 53.4 Å². The first-order valence-electron chi connectivity index (χ1n) is 10.1. The van der Waals surface area contributed by atoms with Crippen molar-refractivity contribution in [2.75, 3.05) is 18.4 Å². The lowest BCUT2D eigenvalue weighted by Gasteiger charge is -2.20. The minimum atomic E-state index is -3.86. The predicted octanol–water partition coefficient (Wildman–Crippen LogP) is 3.17. The van der Waals surface area contributed by atoms with Crippen molar-refractivity contribution in [3.8, 4) is 5.75 Å². The molecular formula is C22H28N2O5S. The second-order valence-corrected chi connectivity index (χ2v) is 9.28. The van der Waals surface area contributed by atoms with E-state index in [4.69, 9.17) is 4.74 Å². The normalized spacial score (nSPS) is 15.5. The van der Waals surface area contributed by atoms with E-state index in [0.29, 0.717) is 17.4 Å². The van der Waals surface area contributed by atoms with E-state index in [2.05, 4.69) is 10.0 Å². The van der Waals surface area contributed by atoms with Crippen LogP contribution in [0.2, 0.25) is 0 Å². The Bertz CT molecular complexity index is 954. The van der Waals surface area contributed by atoms with Crippen LogP contribution >= 0.6 is 0 Å². The molecule has 3 rings (SSSR count). The molecule has 0 aromatic heterocycles. The Morgan fingerprint density at radius 2 is 1.87 bits per heavy atom. The average molecular weight is 433 g/mol. The summed E-state index contributed by atoms with van der Waals surface area (Å²) in [4.78, 5) is 12.6. The van der Waals surface area contributed by atoms with Gasteiger partial charge in [0.05, 0.1) is 24.7 Å². The first-order chi connectivity index (χ1) is 14.4. The SMILES string of the molecule is COc1ccc(NS(=O)(=O)c2cccc(C(=O)N[C@H](CO)CC3CCCC3)c2)cc1. The Morgan fingerprint density at radius 3 is 2.50 bits per heavy atom. The van der Waals surface area contributed by atoms with Gasteiger partial charge in [-0.3, -0.25) is 9.52 Å². The Morgan fingerprint density at radius 1 is 1.17 bits per heavy atom. The van der Waals surface area contributed by atoms with Crippen LogP contribution in [0.1, 0.15) is 42.5 Å². The number of nitrogens with one attached hydrogen (secondary N) is 2. The number of anilines is 1. The zero-order valence-corrected chi connectivity index (χ0v) is 17.8. The summed E-state index contributed by atoms with van der Waals surface area (Å²) in [7, 11) is -2.33. The van der Waals surface area contributed by atoms with Crippen molar-refractivity contribution < 1.29 is 23.1 Å². The molecule has 1 atom stereocenters. The number of amides is 1. The quantitative estimate of drug-likeness (QED) is 0.565. The van der Waals surface area contributed by atoms with E-state index in [1.54, 1.807) is 30.3 Å². The maximum absolute atomic E-state index is 12.7. The van der Waals surface area contributed by atoms with Crippen molar-refractivity contribution >= 4 is 21.6 Å². The molecule has 30 heavy (non-hydrogen) atoms. The minimum absolute atomic E-state index is 0.0118. The van der Waals surface area contributed by atoms with Gasteiger partial charge in [0.1, 0.15) is 5.75 Å². The second kappa shape index (κ2) is 9.95. The van der Waals surface area contributed by atoms with Gasteiger partial charge < -0.3 is 15.2 Å². The highest BCUT2D eigenvalue weighted by Crippen LogP contribution is 2.28. The minimum Gasteiger partial charge on any atom is -0.497 e. The van der Waals surface area contributed by atoms with Crippen molar-refractivity contribution in [1.82, 2.24) is 5.32 Å². The van der Waals surface area contributed by atoms with Crippen molar-refractivity contribution in [2.24, 2.45) is 5.92 Å². The lowest BCUT2D eigenvalue weighted by molar-refractivity contribution is 0.0906. The highest BCUT2D eigenvalue weighted by molar-refractivity contribution is 7.92. The Hall–Kier alpha value is -2.58. The van der Waals surface area contributed by atoms with Crippen LogP contribution in [0.25, 0.3) is 0 Å². The number of sulfonamides is 1. The molecule has 7 nitrogen and oxygen atoms in total. The molecule has 1 amide bonds. The van der Waals surface area contributed by atoms with Crippen LogP contribution in [0.3, 0.4) is 0 Å². The van der Waals surface area contributed by atoms with Crippen LogP contribution in [-0.4, -0.2) is 39.2 Å². The van der Waals surface area contributed by atoms with Gasteiger partial charge in [0, 0.05) is 11.3 Å². The molecular weight excluding hydrogens is 404 g/mol. The number of hydrogen-bond donors (Lipinski definition) is 3. The van der Waals surface area contributed by atoms with Gasteiger partial charge in [-0.1, -0.05) is 31.7 Å². The third-order valence-electron chi connectivity index (χ3n) is 5.40. The van der Waals surface area contributed by atoms with Gasteiger partial charge in [-0.05, 0) is 54.8 Å². The highest BCUT2D eigenvalue weighted by Gasteiger charge is 2.22. The number of ether oxygens (including phenoxy) is 1. The van der Waals surface area contributed by atoms with Gasteiger partial charge >= 0.3 is 0 Å². The number of methoxy groups -OCH3 is 1. The number of rotatable bonds is 9. The fraction of sp³-hybridized carbons (Fsp3) is 0.409. The van der Waals surface area contributed by atoms with Gasteiger partial charge in [-0.15, -0.1) is 0 Å². The molecule has 162 valence electrons. The molecule has 0 radical (unpaired) electrons. The van der Waals surface area contributed by atoms with E-state index >= 15 is 0 Å². The summed E-state index contributed by atoms with van der Waals surface area (Å²) in [5.41, 5.74) is 0.625. The van der Waals surface area contributed by atoms with Gasteiger partial charge in [0.2, 0.25) is 0 Å². The fourth-order valence-corrected chi connectivity index (χ4v) is 4.88. The van der Waals surface area contributed by atoms with Crippen molar-refractivity contribution in [1.29, 1.82) is 0 Å². The van der Waals surface area contributed by atoms with Gasteiger partial charge in [-0.2, -0.15) is 0 Å². The molecule has 2 aromatic rings. The van der Waals surface area contributed by atoms with E-state index in [-0.39, 0.29) is 23.1 Å². The van der Waals surface area contributed by atoms with Crippen LogP contribution in [0.4, 0.5) is 5.69 Å². The molecule has 0 saturated heterocycles. The number of benzene rings is 2. The van der Waals surface area contributed by atoms with Crippen molar-refractivity contribution in [3.63, 3.8) is 0 Å². The zero-order chi connectivity index (χ0) is 21.6. The number of carbonyl (C=O) groups is 1. The Kier molecular flexibility index (Phi) is 7.33. The molecule has 8 heteroatoms. The summed E-state index contributed by atoms with van der Waals surface area (Å²) in [5, 5.41) is 12.5. The lowest BCUT2D eigenvalue weighted by Crippen LogP contribution is -2.38. The van der Waals surface area contributed by atoms with E-state index in [1.807, 2.05) is 0 Å². The van der Waals surface area contributed by atoms with E-state index < -0.39 is 15.9 Å². The van der Waals surface area contributed by atoms with E-state index in [1.165, 1.54) is 38.2 Å². The summed E-state index contributed by atoms with van der Waals surface area (Å²) in [6.45, 7) is -0.140.